The van der Waals surface area contributed by atoms with Gasteiger partial charge in [0, 0.05) is 6.20 Å². The summed E-state index contributed by atoms with van der Waals surface area (Å²) in [5.74, 6) is -0.903. The van der Waals surface area contributed by atoms with Gasteiger partial charge in [0.25, 0.3) is 0 Å². The number of hydrogen-bond donors (Lipinski definition) is 1. The van der Waals surface area contributed by atoms with E-state index in [1.807, 2.05) is 0 Å². The number of aromatic nitrogens is 2. The molecule has 0 saturated carbocycles. The number of nitrogens with zero attached hydrogens (tertiary/aromatic N) is 2. The van der Waals surface area contributed by atoms with Crippen LogP contribution in [0.1, 0.15) is 11.7 Å². The van der Waals surface area contributed by atoms with Crippen molar-refractivity contribution in [1.82, 2.24) is 9.78 Å². The Morgan fingerprint density at radius 1 is 1.83 bits per heavy atom. The van der Waals surface area contributed by atoms with E-state index in [2.05, 4.69) is 5.10 Å². The second-order valence-corrected chi connectivity index (χ2v) is 2.64. The molecule has 1 atom stereocenters. The first kappa shape index (κ1) is 7.30. The van der Waals surface area contributed by atoms with E-state index in [1.54, 1.807) is 12.3 Å². The minimum atomic E-state index is -0.903. The second kappa shape index (κ2) is 2.60. The Balaban J connectivity index is 2.37. The summed E-state index contributed by atoms with van der Waals surface area (Å²) in [7, 11) is 0. The van der Waals surface area contributed by atoms with E-state index >= 15 is 0 Å². The van der Waals surface area contributed by atoms with Crippen LogP contribution in [-0.4, -0.2) is 27.5 Å². The van der Waals surface area contributed by atoms with Gasteiger partial charge in [0.05, 0.1) is 18.9 Å². The molecule has 0 spiro atoms. The predicted molar refractivity (Wildman–Crippen MR) is 38.6 cm³/mol. The first-order chi connectivity index (χ1) is 5.79. The SMILES string of the molecule is O=C(O)C1COCc2ccnn21. The Kier molecular flexibility index (Phi) is 1.58. The van der Waals surface area contributed by atoms with Gasteiger partial charge >= 0.3 is 5.97 Å². The Hall–Kier alpha value is -1.36. The van der Waals surface area contributed by atoms with Crippen LogP contribution >= 0.6 is 0 Å². The topological polar surface area (TPSA) is 64.3 Å². The molecule has 5 heteroatoms. The average molecular weight is 168 g/mol. The van der Waals surface area contributed by atoms with E-state index in [1.165, 1.54) is 4.68 Å². The maximum Gasteiger partial charge on any atom is 0.330 e. The summed E-state index contributed by atoms with van der Waals surface area (Å²) in [6, 6.07) is 1.10. The molecular formula is C7H8N2O3. The van der Waals surface area contributed by atoms with Crippen LogP contribution in [-0.2, 0) is 16.1 Å². The Labute approximate surface area is 68.6 Å². The smallest absolute Gasteiger partial charge is 0.330 e. The molecule has 0 fully saturated rings. The molecule has 2 heterocycles. The molecule has 0 saturated heterocycles. The molecule has 12 heavy (non-hydrogen) atoms. The molecule has 1 aromatic heterocycles. The summed E-state index contributed by atoms with van der Waals surface area (Å²) in [5.41, 5.74) is 0.814. The van der Waals surface area contributed by atoms with Gasteiger partial charge in [-0.15, -0.1) is 0 Å². The molecule has 0 amide bonds. The standard InChI is InChI=1S/C7H8N2O3/c10-7(11)6-4-12-3-5-1-2-8-9(5)6/h1-2,6H,3-4H2,(H,10,11). The Morgan fingerprint density at radius 2 is 2.67 bits per heavy atom. The highest BCUT2D eigenvalue weighted by molar-refractivity contribution is 5.72. The summed E-state index contributed by atoms with van der Waals surface area (Å²) >= 11 is 0. The Morgan fingerprint density at radius 3 is 3.42 bits per heavy atom. The zero-order chi connectivity index (χ0) is 8.55. The maximum absolute atomic E-state index is 10.7. The van der Waals surface area contributed by atoms with Gasteiger partial charge < -0.3 is 9.84 Å². The van der Waals surface area contributed by atoms with Crippen molar-refractivity contribution in [3.63, 3.8) is 0 Å². The number of ether oxygens (including phenoxy) is 1. The van der Waals surface area contributed by atoms with Crippen LogP contribution in [0.2, 0.25) is 0 Å². The summed E-state index contributed by atoms with van der Waals surface area (Å²) < 4.78 is 6.58. The van der Waals surface area contributed by atoms with Crippen molar-refractivity contribution in [1.29, 1.82) is 0 Å². The zero-order valence-electron chi connectivity index (χ0n) is 6.30. The van der Waals surface area contributed by atoms with Gasteiger partial charge in [-0.05, 0) is 6.07 Å². The number of carbonyl (C=O) groups is 1. The molecule has 1 unspecified atom stereocenters. The number of aliphatic carboxylic acids is 1. The van der Waals surface area contributed by atoms with Gasteiger partial charge in [0.2, 0.25) is 0 Å². The van der Waals surface area contributed by atoms with Crippen LogP contribution in [0.5, 0.6) is 0 Å². The van der Waals surface area contributed by atoms with Crippen LogP contribution in [0.25, 0.3) is 0 Å². The first-order valence-corrected chi connectivity index (χ1v) is 3.62. The number of carboxylic acids is 1. The van der Waals surface area contributed by atoms with Crippen LogP contribution in [0, 0.1) is 0 Å². The van der Waals surface area contributed by atoms with Crippen molar-refractivity contribution in [2.24, 2.45) is 0 Å². The molecule has 0 bridgehead atoms. The fourth-order valence-corrected chi connectivity index (χ4v) is 1.26. The van der Waals surface area contributed by atoms with Crippen molar-refractivity contribution in [3.8, 4) is 0 Å². The molecule has 1 aliphatic rings. The molecule has 0 aromatic carbocycles. The maximum atomic E-state index is 10.7. The van der Waals surface area contributed by atoms with Crippen molar-refractivity contribution >= 4 is 5.97 Å². The van der Waals surface area contributed by atoms with Gasteiger partial charge in [-0.2, -0.15) is 5.10 Å². The quantitative estimate of drug-likeness (QED) is 0.643. The molecule has 0 radical (unpaired) electrons. The lowest BCUT2D eigenvalue weighted by Crippen LogP contribution is -2.30. The molecular weight excluding hydrogens is 160 g/mol. The largest absolute Gasteiger partial charge is 0.480 e. The van der Waals surface area contributed by atoms with E-state index in [0.29, 0.717) is 6.61 Å². The third-order valence-electron chi connectivity index (χ3n) is 1.86. The lowest BCUT2D eigenvalue weighted by Gasteiger charge is -2.20. The number of hydrogen-bond acceptors (Lipinski definition) is 3. The van der Waals surface area contributed by atoms with Gasteiger partial charge in [0.15, 0.2) is 6.04 Å². The molecule has 64 valence electrons. The minimum absolute atomic E-state index is 0.198. The van der Waals surface area contributed by atoms with Crippen LogP contribution in [0.3, 0.4) is 0 Å². The van der Waals surface area contributed by atoms with Gasteiger partial charge in [0.1, 0.15) is 0 Å². The van der Waals surface area contributed by atoms with E-state index in [4.69, 9.17) is 9.84 Å². The summed E-state index contributed by atoms with van der Waals surface area (Å²) in [6.45, 7) is 0.647. The number of fused-ring (bicyclic) bond motifs is 1. The summed E-state index contributed by atoms with van der Waals surface area (Å²) in [5, 5.41) is 12.7. The first-order valence-electron chi connectivity index (χ1n) is 3.62. The van der Waals surface area contributed by atoms with Crippen molar-refractivity contribution in [2.75, 3.05) is 6.61 Å². The normalized spacial score (nSPS) is 21.8. The third-order valence-corrected chi connectivity index (χ3v) is 1.86. The Bertz CT molecular complexity index is 307. The van der Waals surface area contributed by atoms with E-state index in [0.717, 1.165) is 5.69 Å². The third kappa shape index (κ3) is 0.984. The van der Waals surface area contributed by atoms with E-state index < -0.39 is 12.0 Å². The van der Waals surface area contributed by atoms with E-state index in [9.17, 15) is 4.79 Å². The lowest BCUT2D eigenvalue weighted by molar-refractivity contribution is -0.144. The van der Waals surface area contributed by atoms with Gasteiger partial charge in [-0.3, -0.25) is 4.68 Å². The highest BCUT2D eigenvalue weighted by Crippen LogP contribution is 2.16. The second-order valence-electron chi connectivity index (χ2n) is 2.64. The summed E-state index contributed by atoms with van der Waals surface area (Å²) in [6.07, 6.45) is 1.58. The average Bonchev–Trinajstić information content (AvgIpc) is 2.49. The van der Waals surface area contributed by atoms with Crippen LogP contribution in [0.4, 0.5) is 0 Å². The molecule has 2 rings (SSSR count). The van der Waals surface area contributed by atoms with Crippen LogP contribution in [0.15, 0.2) is 12.3 Å². The fraction of sp³-hybridized carbons (Fsp3) is 0.429. The molecule has 1 aliphatic heterocycles. The lowest BCUT2D eigenvalue weighted by atomic mass is 10.3. The zero-order valence-corrected chi connectivity index (χ0v) is 6.30. The highest BCUT2D eigenvalue weighted by atomic mass is 16.5. The highest BCUT2D eigenvalue weighted by Gasteiger charge is 2.26. The van der Waals surface area contributed by atoms with Crippen molar-refractivity contribution < 1.29 is 14.6 Å². The van der Waals surface area contributed by atoms with Crippen molar-refractivity contribution in [2.45, 2.75) is 12.6 Å². The van der Waals surface area contributed by atoms with Gasteiger partial charge in [-0.1, -0.05) is 0 Å². The minimum Gasteiger partial charge on any atom is -0.480 e. The number of rotatable bonds is 1. The van der Waals surface area contributed by atoms with Gasteiger partial charge in [-0.25, -0.2) is 4.79 Å². The van der Waals surface area contributed by atoms with Crippen molar-refractivity contribution in [3.05, 3.63) is 18.0 Å². The number of carboxylic acid groups (broad SMARTS) is 1. The van der Waals surface area contributed by atoms with E-state index in [-0.39, 0.29) is 6.61 Å². The molecule has 5 nitrogen and oxygen atoms in total. The fourth-order valence-electron chi connectivity index (χ4n) is 1.26. The summed E-state index contributed by atoms with van der Waals surface area (Å²) in [4.78, 5) is 10.7. The predicted octanol–water partition coefficient (Wildman–Crippen LogP) is 0.0390. The molecule has 1 aromatic rings. The van der Waals surface area contributed by atoms with Crippen LogP contribution < -0.4 is 0 Å². The monoisotopic (exact) mass is 168 g/mol. The molecule has 0 aliphatic carbocycles. The molecule has 1 N–H and O–H groups in total.